The van der Waals surface area contributed by atoms with E-state index in [2.05, 4.69) is 10.3 Å². The molecule has 0 saturated carbocycles. The van der Waals surface area contributed by atoms with Crippen molar-refractivity contribution in [3.63, 3.8) is 0 Å². The Kier molecular flexibility index (Phi) is 3.97. The molecule has 1 aromatic carbocycles. The molecule has 6 heteroatoms. The molecule has 0 aliphatic rings. The van der Waals surface area contributed by atoms with Gasteiger partial charge in [0.05, 0.1) is 28.8 Å². The molecule has 2 aromatic heterocycles. The Hall–Kier alpha value is -2.89. The van der Waals surface area contributed by atoms with Crippen LogP contribution in [0.5, 0.6) is 0 Å². The lowest BCUT2D eigenvalue weighted by atomic mass is 10.2. The molecule has 118 valence electrons. The second kappa shape index (κ2) is 6.08. The summed E-state index contributed by atoms with van der Waals surface area (Å²) in [5.41, 5.74) is 3.61. The maximum absolute atomic E-state index is 12.3. The van der Waals surface area contributed by atoms with Crippen LogP contribution in [0.15, 0.2) is 41.1 Å². The Morgan fingerprint density at radius 2 is 1.96 bits per heavy atom. The van der Waals surface area contributed by atoms with E-state index in [-0.39, 0.29) is 6.61 Å². The van der Waals surface area contributed by atoms with Crippen molar-refractivity contribution in [1.29, 1.82) is 0 Å². The smallest absolute Gasteiger partial charge is 0.341 e. The van der Waals surface area contributed by atoms with Crippen molar-refractivity contribution in [2.45, 2.75) is 27.4 Å². The Morgan fingerprint density at radius 1 is 1.22 bits per heavy atom. The van der Waals surface area contributed by atoms with Crippen molar-refractivity contribution in [3.8, 4) is 5.69 Å². The number of hydrogen-bond acceptors (Lipinski definition) is 5. The van der Waals surface area contributed by atoms with Gasteiger partial charge in [-0.3, -0.25) is 0 Å². The molecule has 3 aromatic rings. The second-order valence-corrected chi connectivity index (χ2v) is 5.27. The van der Waals surface area contributed by atoms with Gasteiger partial charge in [-0.15, -0.1) is 0 Å². The molecule has 3 rings (SSSR count). The van der Waals surface area contributed by atoms with Crippen LogP contribution in [0.1, 0.15) is 33.1 Å². The summed E-state index contributed by atoms with van der Waals surface area (Å²) in [6, 6.07) is 9.64. The van der Waals surface area contributed by atoms with Gasteiger partial charge in [-0.25, -0.2) is 9.48 Å². The Balaban J connectivity index is 1.77. The van der Waals surface area contributed by atoms with Gasteiger partial charge in [0.2, 0.25) is 0 Å². The van der Waals surface area contributed by atoms with Crippen LogP contribution in [0.4, 0.5) is 0 Å². The maximum Gasteiger partial charge on any atom is 0.341 e. The number of nitrogens with zero attached hydrogens (tertiary/aromatic N) is 3. The Labute approximate surface area is 133 Å². The minimum absolute atomic E-state index is 0.135. The number of benzene rings is 1. The average Bonchev–Trinajstić information content (AvgIpc) is 3.09. The molecule has 23 heavy (non-hydrogen) atoms. The highest BCUT2D eigenvalue weighted by atomic mass is 16.5. The van der Waals surface area contributed by atoms with Crippen molar-refractivity contribution in [1.82, 2.24) is 14.9 Å². The maximum atomic E-state index is 12.3. The van der Waals surface area contributed by atoms with Gasteiger partial charge in [-0.2, -0.15) is 5.10 Å². The Bertz CT molecular complexity index is 815. The predicted octanol–water partition coefficient (Wildman–Crippen LogP) is 3.14. The van der Waals surface area contributed by atoms with E-state index in [1.807, 2.05) is 44.2 Å². The molecular weight excluding hydrogens is 294 g/mol. The third kappa shape index (κ3) is 2.88. The summed E-state index contributed by atoms with van der Waals surface area (Å²) in [7, 11) is 0. The van der Waals surface area contributed by atoms with Crippen LogP contribution >= 0.6 is 0 Å². The lowest BCUT2D eigenvalue weighted by Crippen LogP contribution is -2.08. The highest BCUT2D eigenvalue weighted by molar-refractivity contribution is 5.90. The minimum Gasteiger partial charge on any atom is -0.457 e. The van der Waals surface area contributed by atoms with Crippen molar-refractivity contribution in [2.24, 2.45) is 0 Å². The molecule has 0 fully saturated rings. The van der Waals surface area contributed by atoms with Crippen molar-refractivity contribution < 1.29 is 14.1 Å². The largest absolute Gasteiger partial charge is 0.457 e. The standard InChI is InChI=1S/C17H17N3O3/c1-11-16(13(3)23-19-11)10-22-17(21)15-9-18-20(12(15)2)14-7-5-4-6-8-14/h4-9H,10H2,1-3H3. The first kappa shape index (κ1) is 15.0. The summed E-state index contributed by atoms with van der Waals surface area (Å²) in [6.07, 6.45) is 1.53. The van der Waals surface area contributed by atoms with E-state index in [1.165, 1.54) is 6.20 Å². The van der Waals surface area contributed by atoms with Gasteiger partial charge in [0.25, 0.3) is 0 Å². The molecule has 0 aliphatic carbocycles. The fourth-order valence-corrected chi connectivity index (χ4v) is 2.36. The fraction of sp³-hybridized carbons (Fsp3) is 0.235. The van der Waals surface area contributed by atoms with Crippen LogP contribution < -0.4 is 0 Å². The van der Waals surface area contributed by atoms with E-state index in [0.717, 1.165) is 22.6 Å². The van der Waals surface area contributed by atoms with Gasteiger partial charge in [-0.1, -0.05) is 23.4 Å². The highest BCUT2D eigenvalue weighted by Gasteiger charge is 2.18. The van der Waals surface area contributed by atoms with Gasteiger partial charge in [0.1, 0.15) is 17.9 Å². The Morgan fingerprint density at radius 3 is 2.61 bits per heavy atom. The first-order chi connectivity index (χ1) is 11.1. The molecule has 0 amide bonds. The highest BCUT2D eigenvalue weighted by Crippen LogP contribution is 2.17. The van der Waals surface area contributed by atoms with Crippen LogP contribution in [0.2, 0.25) is 0 Å². The summed E-state index contributed by atoms with van der Waals surface area (Å²) in [4.78, 5) is 12.3. The fourth-order valence-electron chi connectivity index (χ4n) is 2.36. The van der Waals surface area contributed by atoms with E-state index >= 15 is 0 Å². The number of aryl methyl sites for hydroxylation is 2. The lowest BCUT2D eigenvalue weighted by molar-refractivity contribution is 0.0470. The number of hydrogen-bond donors (Lipinski definition) is 0. The zero-order valence-electron chi connectivity index (χ0n) is 13.2. The quantitative estimate of drug-likeness (QED) is 0.692. The van der Waals surface area contributed by atoms with E-state index < -0.39 is 5.97 Å². The normalized spacial score (nSPS) is 10.7. The lowest BCUT2D eigenvalue weighted by Gasteiger charge is -2.06. The van der Waals surface area contributed by atoms with E-state index in [9.17, 15) is 4.79 Å². The molecule has 0 radical (unpaired) electrons. The van der Waals surface area contributed by atoms with Crippen LogP contribution in [0.3, 0.4) is 0 Å². The van der Waals surface area contributed by atoms with Crippen molar-refractivity contribution in [3.05, 3.63) is 64.8 Å². The molecule has 0 atom stereocenters. The number of para-hydroxylation sites is 1. The summed E-state index contributed by atoms with van der Waals surface area (Å²) >= 11 is 0. The molecular formula is C17H17N3O3. The third-order valence-electron chi connectivity index (χ3n) is 3.76. The third-order valence-corrected chi connectivity index (χ3v) is 3.76. The zero-order chi connectivity index (χ0) is 16.4. The molecule has 2 heterocycles. The van der Waals surface area contributed by atoms with Gasteiger partial charge in [-0.05, 0) is 32.9 Å². The number of esters is 1. The topological polar surface area (TPSA) is 70.2 Å². The van der Waals surface area contributed by atoms with Gasteiger partial charge >= 0.3 is 5.97 Å². The molecule has 0 saturated heterocycles. The molecule has 0 N–H and O–H groups in total. The number of ether oxygens (including phenoxy) is 1. The monoisotopic (exact) mass is 311 g/mol. The SMILES string of the molecule is Cc1noc(C)c1COC(=O)c1cnn(-c2ccccc2)c1C. The number of rotatable bonds is 4. The van der Waals surface area contributed by atoms with Crippen LogP contribution in [0, 0.1) is 20.8 Å². The first-order valence-electron chi connectivity index (χ1n) is 7.27. The average molecular weight is 311 g/mol. The molecule has 0 spiro atoms. The van der Waals surface area contributed by atoms with E-state index in [1.54, 1.807) is 11.6 Å². The minimum atomic E-state index is -0.412. The zero-order valence-corrected chi connectivity index (χ0v) is 13.2. The predicted molar refractivity (Wildman–Crippen MR) is 83.4 cm³/mol. The second-order valence-electron chi connectivity index (χ2n) is 5.27. The van der Waals surface area contributed by atoms with Crippen LogP contribution in [-0.2, 0) is 11.3 Å². The van der Waals surface area contributed by atoms with Gasteiger partial charge < -0.3 is 9.26 Å². The number of carbonyl (C=O) groups is 1. The summed E-state index contributed by atoms with van der Waals surface area (Å²) in [5, 5.41) is 8.12. The van der Waals surface area contributed by atoms with E-state index in [4.69, 9.17) is 9.26 Å². The van der Waals surface area contributed by atoms with Crippen LogP contribution in [-0.4, -0.2) is 20.9 Å². The summed E-state index contributed by atoms with van der Waals surface area (Å²) in [6.45, 7) is 5.59. The molecule has 6 nitrogen and oxygen atoms in total. The summed E-state index contributed by atoms with van der Waals surface area (Å²) in [5.74, 6) is 0.247. The first-order valence-corrected chi connectivity index (χ1v) is 7.27. The van der Waals surface area contributed by atoms with E-state index in [0.29, 0.717) is 11.3 Å². The molecule has 0 unspecified atom stereocenters. The van der Waals surface area contributed by atoms with Gasteiger partial charge in [0, 0.05) is 0 Å². The molecule has 0 bridgehead atoms. The van der Waals surface area contributed by atoms with Crippen molar-refractivity contribution in [2.75, 3.05) is 0 Å². The van der Waals surface area contributed by atoms with Crippen molar-refractivity contribution >= 4 is 5.97 Å². The number of carbonyl (C=O) groups excluding carboxylic acids is 1. The van der Waals surface area contributed by atoms with Crippen LogP contribution in [0.25, 0.3) is 5.69 Å². The number of aromatic nitrogens is 3. The van der Waals surface area contributed by atoms with Gasteiger partial charge in [0.15, 0.2) is 0 Å². The molecule has 0 aliphatic heterocycles. The summed E-state index contributed by atoms with van der Waals surface area (Å²) < 4.78 is 12.1.